The predicted octanol–water partition coefficient (Wildman–Crippen LogP) is 2.92. The van der Waals surface area contributed by atoms with Crippen molar-refractivity contribution in [2.75, 3.05) is 6.54 Å². The molecule has 2 aromatic rings. The Labute approximate surface area is 117 Å². The molecule has 0 amide bonds. The number of benzene rings is 1. The smallest absolute Gasteiger partial charge is 0.194 e. The Kier molecular flexibility index (Phi) is 3.71. The van der Waals surface area contributed by atoms with Gasteiger partial charge in [-0.3, -0.25) is 0 Å². The minimum atomic E-state index is -1.47. The molecule has 1 aliphatic rings. The molecule has 0 spiro atoms. The summed E-state index contributed by atoms with van der Waals surface area (Å²) in [6.07, 6.45) is 3.16. The highest BCUT2D eigenvalue weighted by atomic mass is 32.1. The van der Waals surface area contributed by atoms with E-state index in [-0.39, 0.29) is 5.56 Å². The van der Waals surface area contributed by atoms with Crippen molar-refractivity contribution in [1.82, 2.24) is 15.5 Å². The van der Waals surface area contributed by atoms with Crippen LogP contribution in [0, 0.1) is 17.5 Å². The minimum absolute atomic E-state index is 0.209. The Morgan fingerprint density at radius 3 is 2.50 bits per heavy atom. The van der Waals surface area contributed by atoms with Crippen molar-refractivity contribution in [3.05, 3.63) is 34.6 Å². The van der Waals surface area contributed by atoms with Gasteiger partial charge in [-0.15, -0.1) is 10.2 Å². The van der Waals surface area contributed by atoms with E-state index in [4.69, 9.17) is 0 Å². The molecule has 1 aromatic carbocycles. The second kappa shape index (κ2) is 5.49. The number of halogens is 3. The van der Waals surface area contributed by atoms with Crippen LogP contribution in [0.4, 0.5) is 13.2 Å². The second-order valence-electron chi connectivity index (χ2n) is 4.73. The van der Waals surface area contributed by atoms with Gasteiger partial charge in [0, 0.05) is 24.6 Å². The van der Waals surface area contributed by atoms with Crippen LogP contribution < -0.4 is 5.32 Å². The van der Waals surface area contributed by atoms with Crippen molar-refractivity contribution in [3.8, 4) is 10.6 Å². The summed E-state index contributed by atoms with van der Waals surface area (Å²) in [7, 11) is 0. The van der Waals surface area contributed by atoms with Crippen LogP contribution in [0.1, 0.15) is 17.8 Å². The van der Waals surface area contributed by atoms with Gasteiger partial charge in [-0.05, 0) is 25.0 Å². The van der Waals surface area contributed by atoms with Crippen molar-refractivity contribution >= 4 is 11.3 Å². The molecule has 7 heteroatoms. The van der Waals surface area contributed by atoms with Gasteiger partial charge in [-0.2, -0.15) is 0 Å². The summed E-state index contributed by atoms with van der Waals surface area (Å²) in [6, 6.07) is 2.50. The maximum absolute atomic E-state index is 13.2. The quantitative estimate of drug-likeness (QED) is 0.863. The lowest BCUT2D eigenvalue weighted by atomic mass is 10.2. The molecule has 1 aliphatic carbocycles. The third-order valence-electron chi connectivity index (χ3n) is 3.05. The minimum Gasteiger partial charge on any atom is -0.314 e. The van der Waals surface area contributed by atoms with Gasteiger partial charge in [-0.1, -0.05) is 11.3 Å². The van der Waals surface area contributed by atoms with E-state index in [1.165, 1.54) is 24.2 Å². The number of rotatable bonds is 5. The van der Waals surface area contributed by atoms with Crippen LogP contribution in [-0.4, -0.2) is 22.8 Å². The van der Waals surface area contributed by atoms with Gasteiger partial charge in [0.2, 0.25) is 0 Å². The second-order valence-corrected chi connectivity index (χ2v) is 5.80. The lowest BCUT2D eigenvalue weighted by Crippen LogP contribution is -2.19. The third kappa shape index (κ3) is 2.99. The highest BCUT2D eigenvalue weighted by Crippen LogP contribution is 2.27. The Balaban J connectivity index is 1.71. The van der Waals surface area contributed by atoms with Crippen LogP contribution in [0.3, 0.4) is 0 Å². The Hall–Kier alpha value is -1.47. The third-order valence-corrected chi connectivity index (χ3v) is 4.08. The lowest BCUT2D eigenvalue weighted by Gasteiger charge is -1.99. The fourth-order valence-corrected chi connectivity index (χ4v) is 2.65. The Morgan fingerprint density at radius 1 is 1.15 bits per heavy atom. The molecule has 1 fully saturated rings. The van der Waals surface area contributed by atoms with E-state index in [9.17, 15) is 13.2 Å². The molecule has 0 unspecified atom stereocenters. The first-order valence-corrected chi connectivity index (χ1v) is 7.16. The van der Waals surface area contributed by atoms with Crippen LogP contribution in [0.2, 0.25) is 0 Å². The summed E-state index contributed by atoms with van der Waals surface area (Å²) in [4.78, 5) is 0. The van der Waals surface area contributed by atoms with E-state index in [1.54, 1.807) is 0 Å². The molecule has 3 rings (SSSR count). The molecule has 0 atom stereocenters. The standard InChI is InChI=1S/C13H12F3N3S/c14-9-5-7(6-10(15)12(9)16)13-19-18-11(20-13)3-4-17-8-1-2-8/h5-6,8,17H,1-4H2. The largest absolute Gasteiger partial charge is 0.314 e. The summed E-state index contributed by atoms with van der Waals surface area (Å²) < 4.78 is 39.2. The molecule has 0 saturated heterocycles. The summed E-state index contributed by atoms with van der Waals surface area (Å²) in [5, 5.41) is 12.4. The number of hydrogen-bond donors (Lipinski definition) is 1. The molecule has 0 bridgehead atoms. The summed E-state index contributed by atoms with van der Waals surface area (Å²) in [6.45, 7) is 0.811. The van der Waals surface area contributed by atoms with Crippen molar-refractivity contribution in [3.63, 3.8) is 0 Å². The Morgan fingerprint density at radius 2 is 1.85 bits per heavy atom. The van der Waals surface area contributed by atoms with Gasteiger partial charge < -0.3 is 5.32 Å². The average Bonchev–Trinajstić information content (AvgIpc) is 3.12. The molecule has 1 heterocycles. The van der Waals surface area contributed by atoms with Crippen LogP contribution in [0.5, 0.6) is 0 Å². The molecule has 1 N–H and O–H groups in total. The maximum Gasteiger partial charge on any atom is 0.194 e. The fraction of sp³-hybridized carbons (Fsp3) is 0.385. The zero-order valence-corrected chi connectivity index (χ0v) is 11.3. The first kappa shape index (κ1) is 13.5. The van der Waals surface area contributed by atoms with Gasteiger partial charge in [0.15, 0.2) is 17.5 Å². The summed E-state index contributed by atoms with van der Waals surface area (Å²) in [5.41, 5.74) is 0.209. The molecule has 1 saturated carbocycles. The van der Waals surface area contributed by atoms with E-state index in [1.807, 2.05) is 0 Å². The molecule has 0 aliphatic heterocycles. The fourth-order valence-electron chi connectivity index (χ4n) is 1.82. The molecule has 20 heavy (non-hydrogen) atoms. The SMILES string of the molecule is Fc1cc(-c2nnc(CCNC3CC3)s2)cc(F)c1F. The highest BCUT2D eigenvalue weighted by molar-refractivity contribution is 7.14. The summed E-state index contributed by atoms with van der Waals surface area (Å²) in [5.74, 6) is -3.90. The molecule has 3 nitrogen and oxygen atoms in total. The topological polar surface area (TPSA) is 37.8 Å². The maximum atomic E-state index is 13.2. The van der Waals surface area contributed by atoms with Crippen LogP contribution in [0.25, 0.3) is 10.6 Å². The van der Waals surface area contributed by atoms with Crippen LogP contribution in [0.15, 0.2) is 12.1 Å². The molecular weight excluding hydrogens is 287 g/mol. The first-order valence-electron chi connectivity index (χ1n) is 6.34. The molecule has 0 radical (unpaired) electrons. The van der Waals surface area contributed by atoms with E-state index >= 15 is 0 Å². The van der Waals surface area contributed by atoms with E-state index in [0.29, 0.717) is 11.0 Å². The monoisotopic (exact) mass is 299 g/mol. The van der Waals surface area contributed by atoms with Crippen molar-refractivity contribution in [1.29, 1.82) is 0 Å². The molecule has 1 aromatic heterocycles. The number of aromatic nitrogens is 2. The van der Waals surface area contributed by atoms with Crippen molar-refractivity contribution < 1.29 is 13.2 Å². The van der Waals surface area contributed by atoms with E-state index in [0.717, 1.165) is 30.1 Å². The Bertz CT molecular complexity index is 602. The van der Waals surface area contributed by atoms with Crippen molar-refractivity contribution in [2.24, 2.45) is 0 Å². The van der Waals surface area contributed by atoms with Gasteiger partial charge in [0.1, 0.15) is 10.0 Å². The average molecular weight is 299 g/mol. The van der Waals surface area contributed by atoms with Gasteiger partial charge >= 0.3 is 0 Å². The predicted molar refractivity (Wildman–Crippen MR) is 69.9 cm³/mol. The van der Waals surface area contributed by atoms with Gasteiger partial charge in [0.05, 0.1) is 0 Å². The van der Waals surface area contributed by atoms with Gasteiger partial charge in [0.25, 0.3) is 0 Å². The lowest BCUT2D eigenvalue weighted by molar-refractivity contribution is 0.447. The molecule has 106 valence electrons. The normalized spacial score (nSPS) is 14.8. The number of nitrogens with one attached hydrogen (secondary N) is 1. The molecular formula is C13H12F3N3S. The van der Waals surface area contributed by atoms with Crippen LogP contribution in [-0.2, 0) is 6.42 Å². The van der Waals surface area contributed by atoms with E-state index < -0.39 is 17.5 Å². The zero-order chi connectivity index (χ0) is 14.1. The summed E-state index contributed by atoms with van der Waals surface area (Å²) >= 11 is 1.26. The van der Waals surface area contributed by atoms with Gasteiger partial charge in [-0.25, -0.2) is 13.2 Å². The number of hydrogen-bond acceptors (Lipinski definition) is 4. The van der Waals surface area contributed by atoms with Crippen LogP contribution >= 0.6 is 11.3 Å². The van der Waals surface area contributed by atoms with Crippen molar-refractivity contribution in [2.45, 2.75) is 25.3 Å². The zero-order valence-electron chi connectivity index (χ0n) is 10.5. The first-order chi connectivity index (χ1) is 9.63. The highest BCUT2D eigenvalue weighted by Gasteiger charge is 2.20. The number of nitrogens with zero attached hydrogens (tertiary/aromatic N) is 2. The van der Waals surface area contributed by atoms with E-state index in [2.05, 4.69) is 15.5 Å².